The smallest absolute Gasteiger partial charge is 0.325 e. The van der Waals surface area contributed by atoms with Crippen LogP contribution in [0, 0.1) is 5.92 Å². The summed E-state index contributed by atoms with van der Waals surface area (Å²) in [5.41, 5.74) is 1.99. The van der Waals surface area contributed by atoms with E-state index in [4.69, 9.17) is 4.74 Å². The van der Waals surface area contributed by atoms with Crippen LogP contribution in [0.3, 0.4) is 0 Å². The van der Waals surface area contributed by atoms with E-state index in [2.05, 4.69) is 11.9 Å². The summed E-state index contributed by atoms with van der Waals surface area (Å²) >= 11 is 1.36. The highest BCUT2D eigenvalue weighted by Crippen LogP contribution is 2.22. The van der Waals surface area contributed by atoms with E-state index in [1.54, 1.807) is 4.57 Å². The van der Waals surface area contributed by atoms with Gasteiger partial charge in [-0.1, -0.05) is 24.3 Å². The first-order valence-corrected chi connectivity index (χ1v) is 12.1. The largest absolute Gasteiger partial charge is 0.468 e. The molecule has 0 bridgehead atoms. The molecule has 0 atom stereocenters. The Morgan fingerprint density at radius 1 is 1.28 bits per heavy atom. The first kappa shape index (κ1) is 21.7. The molecule has 1 aliphatic heterocycles. The fraction of sp³-hybridized carbons (Fsp3) is 0.526. The summed E-state index contributed by atoms with van der Waals surface area (Å²) in [4.78, 5) is 29.4. The van der Waals surface area contributed by atoms with Crippen LogP contribution in [0.4, 0.5) is 0 Å². The third-order valence-corrected chi connectivity index (χ3v) is 7.49. The number of benzene rings is 1. The average Bonchev–Trinajstić information content (AvgIpc) is 3.03. The van der Waals surface area contributed by atoms with Crippen molar-refractivity contribution in [2.45, 2.75) is 32.7 Å². The SMILES string of the molecule is CCc1ccc2c(c1)sc(=NC(=O)C1CCN(S(C)(=O)=O)CC1)n2CC(=O)OC. The number of carbonyl (C=O) groups is 2. The molecule has 2 aromatic rings. The molecule has 0 aliphatic carbocycles. The van der Waals surface area contributed by atoms with Crippen molar-refractivity contribution in [1.29, 1.82) is 0 Å². The number of aryl methyl sites for hydroxylation is 1. The van der Waals surface area contributed by atoms with Crippen LogP contribution in [0.2, 0.25) is 0 Å². The Morgan fingerprint density at radius 2 is 1.97 bits per heavy atom. The number of aromatic nitrogens is 1. The lowest BCUT2D eigenvalue weighted by molar-refractivity contribution is -0.141. The summed E-state index contributed by atoms with van der Waals surface area (Å²) in [5, 5.41) is 0. The van der Waals surface area contributed by atoms with Gasteiger partial charge in [-0.15, -0.1) is 0 Å². The number of carbonyl (C=O) groups excluding carboxylic acids is 2. The van der Waals surface area contributed by atoms with Crippen molar-refractivity contribution in [2.75, 3.05) is 26.5 Å². The standard InChI is InChI=1S/C19H25N3O5S2/c1-4-13-5-6-15-16(11-13)28-19(22(15)12-17(23)27-2)20-18(24)14-7-9-21(10-8-14)29(3,25)26/h5-6,11,14H,4,7-10,12H2,1-3H3. The maximum Gasteiger partial charge on any atom is 0.325 e. The van der Waals surface area contributed by atoms with E-state index in [0.29, 0.717) is 30.7 Å². The molecule has 0 N–H and O–H groups in total. The predicted octanol–water partition coefficient (Wildman–Crippen LogP) is 1.54. The van der Waals surface area contributed by atoms with Gasteiger partial charge in [-0.25, -0.2) is 12.7 Å². The molecule has 158 valence electrons. The summed E-state index contributed by atoms with van der Waals surface area (Å²) in [7, 11) is -1.92. The van der Waals surface area contributed by atoms with Gasteiger partial charge in [0.2, 0.25) is 10.0 Å². The van der Waals surface area contributed by atoms with Gasteiger partial charge in [0.1, 0.15) is 6.54 Å². The number of sulfonamides is 1. The zero-order valence-corrected chi connectivity index (χ0v) is 18.4. The van der Waals surface area contributed by atoms with Gasteiger partial charge in [0.15, 0.2) is 4.80 Å². The van der Waals surface area contributed by atoms with E-state index in [0.717, 1.165) is 22.2 Å². The van der Waals surface area contributed by atoms with Crippen LogP contribution < -0.4 is 4.80 Å². The van der Waals surface area contributed by atoms with Crippen LogP contribution >= 0.6 is 11.3 Å². The van der Waals surface area contributed by atoms with Crippen LogP contribution in [-0.4, -0.2) is 55.6 Å². The second kappa shape index (κ2) is 8.76. The number of methoxy groups -OCH3 is 1. The number of esters is 1. The van der Waals surface area contributed by atoms with Crippen molar-refractivity contribution in [2.24, 2.45) is 10.9 Å². The van der Waals surface area contributed by atoms with E-state index in [-0.39, 0.29) is 18.4 Å². The van der Waals surface area contributed by atoms with Crippen molar-refractivity contribution >= 4 is 43.5 Å². The minimum Gasteiger partial charge on any atom is -0.468 e. The zero-order chi connectivity index (χ0) is 21.2. The highest BCUT2D eigenvalue weighted by Gasteiger charge is 2.29. The molecule has 0 unspecified atom stereocenters. The van der Waals surface area contributed by atoms with Gasteiger partial charge in [-0.2, -0.15) is 4.99 Å². The van der Waals surface area contributed by atoms with Crippen LogP contribution in [0.15, 0.2) is 23.2 Å². The molecule has 1 aromatic heterocycles. The molecule has 1 amide bonds. The molecular weight excluding hydrogens is 414 g/mol. The number of amides is 1. The van der Waals surface area contributed by atoms with Gasteiger partial charge in [0, 0.05) is 19.0 Å². The van der Waals surface area contributed by atoms with Crippen molar-refractivity contribution in [3.63, 3.8) is 0 Å². The number of ether oxygens (including phenoxy) is 1. The molecule has 0 radical (unpaired) electrons. The van der Waals surface area contributed by atoms with Gasteiger partial charge >= 0.3 is 5.97 Å². The molecular formula is C19H25N3O5S2. The molecule has 8 nitrogen and oxygen atoms in total. The van der Waals surface area contributed by atoms with Crippen LogP contribution in [0.5, 0.6) is 0 Å². The minimum absolute atomic E-state index is 0.0272. The molecule has 1 saturated heterocycles. The Labute approximate surface area is 173 Å². The van der Waals surface area contributed by atoms with E-state index in [9.17, 15) is 18.0 Å². The molecule has 1 fully saturated rings. The lowest BCUT2D eigenvalue weighted by atomic mass is 9.98. The van der Waals surface area contributed by atoms with Gasteiger partial charge in [-0.3, -0.25) is 9.59 Å². The van der Waals surface area contributed by atoms with Crippen LogP contribution in [0.1, 0.15) is 25.3 Å². The molecule has 3 rings (SSSR count). The van der Waals surface area contributed by atoms with Gasteiger partial charge in [0.05, 0.1) is 23.6 Å². The molecule has 2 heterocycles. The average molecular weight is 440 g/mol. The van der Waals surface area contributed by atoms with Crippen molar-refractivity contribution in [1.82, 2.24) is 8.87 Å². The lowest BCUT2D eigenvalue weighted by Crippen LogP contribution is -2.39. The van der Waals surface area contributed by atoms with Gasteiger partial charge in [0.25, 0.3) is 5.91 Å². The number of thiazole rings is 1. The van der Waals surface area contributed by atoms with Gasteiger partial charge in [-0.05, 0) is 37.0 Å². The third-order valence-electron chi connectivity index (χ3n) is 5.15. The zero-order valence-electron chi connectivity index (χ0n) is 16.8. The van der Waals surface area contributed by atoms with Crippen LogP contribution in [0.25, 0.3) is 10.2 Å². The summed E-state index contributed by atoms with van der Waals surface area (Å²) in [6.45, 7) is 2.67. The second-order valence-electron chi connectivity index (χ2n) is 7.09. The fourth-order valence-electron chi connectivity index (χ4n) is 3.39. The maximum absolute atomic E-state index is 12.8. The Morgan fingerprint density at radius 3 is 2.55 bits per heavy atom. The number of rotatable bonds is 5. The lowest BCUT2D eigenvalue weighted by Gasteiger charge is -2.28. The Bertz CT molecular complexity index is 1090. The Hall–Kier alpha value is -2.04. The topological polar surface area (TPSA) is 98.0 Å². The van der Waals surface area contributed by atoms with Crippen molar-refractivity contribution in [3.8, 4) is 0 Å². The second-order valence-corrected chi connectivity index (χ2v) is 10.1. The first-order valence-electron chi connectivity index (χ1n) is 9.45. The summed E-state index contributed by atoms with van der Waals surface area (Å²) < 4.78 is 32.1. The Balaban J connectivity index is 1.93. The van der Waals surface area contributed by atoms with E-state index in [1.165, 1.54) is 29.0 Å². The first-order chi connectivity index (χ1) is 13.7. The molecule has 0 spiro atoms. The van der Waals surface area contributed by atoms with Gasteiger partial charge < -0.3 is 9.30 Å². The van der Waals surface area contributed by atoms with E-state index < -0.39 is 16.0 Å². The Kier molecular flexibility index (Phi) is 6.55. The van der Waals surface area contributed by atoms with Crippen molar-refractivity contribution in [3.05, 3.63) is 28.6 Å². The number of piperidine rings is 1. The number of hydrogen-bond acceptors (Lipinski definition) is 6. The number of fused-ring (bicyclic) bond motifs is 1. The third kappa shape index (κ3) is 4.93. The number of hydrogen-bond donors (Lipinski definition) is 0. The molecule has 1 aromatic carbocycles. The van der Waals surface area contributed by atoms with E-state index in [1.807, 2.05) is 18.2 Å². The number of nitrogens with zero attached hydrogens (tertiary/aromatic N) is 3. The molecule has 0 saturated carbocycles. The minimum atomic E-state index is -3.24. The van der Waals surface area contributed by atoms with Crippen molar-refractivity contribution < 1.29 is 22.7 Å². The maximum atomic E-state index is 12.8. The normalized spacial score (nSPS) is 17.0. The summed E-state index contributed by atoms with van der Waals surface area (Å²) in [6.07, 6.45) is 2.95. The fourth-order valence-corrected chi connectivity index (χ4v) is 5.36. The molecule has 29 heavy (non-hydrogen) atoms. The summed E-state index contributed by atoms with van der Waals surface area (Å²) in [6, 6.07) is 5.97. The highest BCUT2D eigenvalue weighted by molar-refractivity contribution is 7.88. The molecule has 10 heteroatoms. The van der Waals surface area contributed by atoms with E-state index >= 15 is 0 Å². The summed E-state index contributed by atoms with van der Waals surface area (Å²) in [5.74, 6) is -1.02. The predicted molar refractivity (Wildman–Crippen MR) is 111 cm³/mol. The monoisotopic (exact) mass is 439 g/mol. The van der Waals surface area contributed by atoms with Crippen LogP contribution in [-0.2, 0) is 37.3 Å². The highest BCUT2D eigenvalue weighted by atomic mass is 32.2. The molecule has 1 aliphatic rings. The quantitative estimate of drug-likeness (QED) is 0.658.